The smallest absolute Gasteiger partial charge is 0.224 e. The van der Waals surface area contributed by atoms with E-state index >= 15 is 0 Å². The number of nitrogens with zero attached hydrogens (tertiary/aromatic N) is 2. The fourth-order valence-corrected chi connectivity index (χ4v) is 2.49. The second-order valence-corrected chi connectivity index (χ2v) is 6.05. The normalized spacial score (nSPS) is 10.3. The predicted molar refractivity (Wildman–Crippen MR) is 97.8 cm³/mol. The van der Waals surface area contributed by atoms with E-state index in [0.717, 1.165) is 24.9 Å². The molecule has 0 unspecified atom stereocenters. The summed E-state index contributed by atoms with van der Waals surface area (Å²) in [7, 11) is 4.97. The maximum atomic E-state index is 12.2. The molecule has 6 nitrogen and oxygen atoms in total. The summed E-state index contributed by atoms with van der Waals surface area (Å²) >= 11 is 0. The second kappa shape index (κ2) is 10.6. The number of benzene rings is 1. The number of unbranched alkanes of at least 4 members (excludes halogenated alkanes) is 1. The highest BCUT2D eigenvalue weighted by Crippen LogP contribution is 2.28. The van der Waals surface area contributed by atoms with Crippen LogP contribution in [0.4, 0.5) is 0 Å². The van der Waals surface area contributed by atoms with Crippen LogP contribution in [-0.4, -0.2) is 56.0 Å². The summed E-state index contributed by atoms with van der Waals surface area (Å²) in [6.45, 7) is 5.21. The maximum absolute atomic E-state index is 12.2. The van der Waals surface area contributed by atoms with Crippen molar-refractivity contribution in [2.24, 2.45) is 0 Å². The molecule has 0 radical (unpaired) electrons. The Morgan fingerprint density at radius 1 is 1.08 bits per heavy atom. The molecule has 140 valence electrons. The SMILES string of the molecule is CCCCN(C)C(=O)CCN(Cc1ccc(OC)c(OC)c1)C(C)=O. The van der Waals surface area contributed by atoms with Gasteiger partial charge in [0.1, 0.15) is 0 Å². The van der Waals surface area contributed by atoms with Gasteiger partial charge in [0.25, 0.3) is 0 Å². The predicted octanol–water partition coefficient (Wildman–Crippen LogP) is 2.70. The molecule has 1 aromatic rings. The van der Waals surface area contributed by atoms with E-state index in [4.69, 9.17) is 9.47 Å². The number of rotatable bonds is 10. The van der Waals surface area contributed by atoms with Gasteiger partial charge >= 0.3 is 0 Å². The van der Waals surface area contributed by atoms with E-state index in [9.17, 15) is 9.59 Å². The zero-order chi connectivity index (χ0) is 18.8. The Morgan fingerprint density at radius 2 is 1.76 bits per heavy atom. The van der Waals surface area contributed by atoms with Crippen LogP contribution in [0.5, 0.6) is 11.5 Å². The Labute approximate surface area is 150 Å². The molecule has 0 aliphatic rings. The Bertz CT molecular complexity index is 575. The van der Waals surface area contributed by atoms with Crippen LogP contribution in [0.2, 0.25) is 0 Å². The number of carbonyl (C=O) groups is 2. The first-order valence-electron chi connectivity index (χ1n) is 8.63. The van der Waals surface area contributed by atoms with Gasteiger partial charge < -0.3 is 19.3 Å². The molecule has 0 aliphatic carbocycles. The Morgan fingerprint density at radius 3 is 2.32 bits per heavy atom. The van der Waals surface area contributed by atoms with Crippen molar-refractivity contribution < 1.29 is 19.1 Å². The number of ether oxygens (including phenoxy) is 2. The molecule has 25 heavy (non-hydrogen) atoms. The van der Waals surface area contributed by atoms with Crippen LogP contribution in [-0.2, 0) is 16.1 Å². The molecule has 0 saturated heterocycles. The summed E-state index contributed by atoms with van der Waals surface area (Å²) in [6, 6.07) is 5.56. The molecule has 1 rings (SSSR count). The van der Waals surface area contributed by atoms with Crippen LogP contribution < -0.4 is 9.47 Å². The van der Waals surface area contributed by atoms with Gasteiger partial charge in [-0.1, -0.05) is 19.4 Å². The molecule has 1 aromatic carbocycles. The molecular weight excluding hydrogens is 320 g/mol. The van der Waals surface area contributed by atoms with Crippen molar-refractivity contribution in [3.63, 3.8) is 0 Å². The fraction of sp³-hybridized carbons (Fsp3) is 0.579. The number of methoxy groups -OCH3 is 2. The van der Waals surface area contributed by atoms with Gasteiger partial charge in [-0.05, 0) is 24.1 Å². The molecule has 0 saturated carbocycles. The van der Waals surface area contributed by atoms with Gasteiger partial charge in [-0.15, -0.1) is 0 Å². The van der Waals surface area contributed by atoms with Crippen LogP contribution >= 0.6 is 0 Å². The summed E-state index contributed by atoms with van der Waals surface area (Å²) in [5.74, 6) is 1.28. The van der Waals surface area contributed by atoms with Gasteiger partial charge in [0.2, 0.25) is 11.8 Å². The lowest BCUT2D eigenvalue weighted by Gasteiger charge is -2.23. The molecule has 0 aliphatic heterocycles. The number of amides is 2. The van der Waals surface area contributed by atoms with Gasteiger partial charge in [-0.2, -0.15) is 0 Å². The topological polar surface area (TPSA) is 59.1 Å². The third-order valence-electron chi connectivity index (χ3n) is 4.14. The van der Waals surface area contributed by atoms with E-state index in [0.29, 0.717) is 31.0 Å². The minimum atomic E-state index is -0.0567. The lowest BCUT2D eigenvalue weighted by molar-refractivity contribution is -0.133. The largest absolute Gasteiger partial charge is 0.493 e. The van der Waals surface area contributed by atoms with Crippen molar-refractivity contribution in [1.82, 2.24) is 9.80 Å². The first-order chi connectivity index (χ1) is 11.9. The number of carbonyl (C=O) groups excluding carboxylic acids is 2. The highest BCUT2D eigenvalue weighted by Gasteiger charge is 2.15. The van der Waals surface area contributed by atoms with Crippen molar-refractivity contribution in [1.29, 1.82) is 0 Å². The number of hydrogen-bond donors (Lipinski definition) is 0. The van der Waals surface area contributed by atoms with Crippen LogP contribution in [0.1, 0.15) is 38.7 Å². The van der Waals surface area contributed by atoms with E-state index in [1.165, 1.54) is 6.92 Å². The van der Waals surface area contributed by atoms with Crippen LogP contribution in [0.25, 0.3) is 0 Å². The molecule has 0 spiro atoms. The minimum absolute atomic E-state index is 0.0567. The van der Waals surface area contributed by atoms with E-state index < -0.39 is 0 Å². The molecular formula is C19H30N2O4. The quantitative estimate of drug-likeness (QED) is 0.651. The fourth-order valence-electron chi connectivity index (χ4n) is 2.49. The van der Waals surface area contributed by atoms with Crippen molar-refractivity contribution >= 4 is 11.8 Å². The molecule has 0 N–H and O–H groups in total. The standard InChI is InChI=1S/C19H30N2O4/c1-6-7-11-20(3)19(23)10-12-21(15(2)22)14-16-8-9-17(24-4)18(13-16)25-5/h8-9,13H,6-7,10-12,14H2,1-5H3. The van der Waals surface area contributed by atoms with E-state index in [2.05, 4.69) is 6.92 Å². The third kappa shape index (κ3) is 6.64. The van der Waals surface area contributed by atoms with Gasteiger partial charge in [0.15, 0.2) is 11.5 Å². The summed E-state index contributed by atoms with van der Waals surface area (Å²) in [4.78, 5) is 27.5. The van der Waals surface area contributed by atoms with E-state index in [1.807, 2.05) is 25.2 Å². The number of hydrogen-bond acceptors (Lipinski definition) is 4. The van der Waals surface area contributed by atoms with Crippen molar-refractivity contribution in [2.75, 3.05) is 34.4 Å². The van der Waals surface area contributed by atoms with E-state index in [1.54, 1.807) is 24.0 Å². The average molecular weight is 350 g/mol. The van der Waals surface area contributed by atoms with Crippen molar-refractivity contribution in [2.45, 2.75) is 39.7 Å². The molecule has 0 aromatic heterocycles. The van der Waals surface area contributed by atoms with Gasteiger partial charge in [-0.25, -0.2) is 0 Å². The van der Waals surface area contributed by atoms with Crippen LogP contribution in [0.3, 0.4) is 0 Å². The van der Waals surface area contributed by atoms with Gasteiger partial charge in [-0.3, -0.25) is 9.59 Å². The summed E-state index contributed by atoms with van der Waals surface area (Å²) < 4.78 is 10.5. The minimum Gasteiger partial charge on any atom is -0.493 e. The first kappa shape index (κ1) is 20.8. The highest BCUT2D eigenvalue weighted by atomic mass is 16.5. The highest BCUT2D eigenvalue weighted by molar-refractivity contribution is 5.78. The zero-order valence-electron chi connectivity index (χ0n) is 16.0. The van der Waals surface area contributed by atoms with Gasteiger partial charge in [0.05, 0.1) is 14.2 Å². The first-order valence-corrected chi connectivity index (χ1v) is 8.63. The molecule has 2 amide bonds. The molecule has 6 heteroatoms. The lowest BCUT2D eigenvalue weighted by Crippen LogP contribution is -2.34. The molecule has 0 bridgehead atoms. The van der Waals surface area contributed by atoms with Crippen LogP contribution in [0, 0.1) is 0 Å². The Hall–Kier alpha value is -2.24. The summed E-state index contributed by atoms with van der Waals surface area (Å²) in [5, 5.41) is 0. The summed E-state index contributed by atoms with van der Waals surface area (Å²) in [5.41, 5.74) is 0.930. The summed E-state index contributed by atoms with van der Waals surface area (Å²) in [6.07, 6.45) is 2.37. The maximum Gasteiger partial charge on any atom is 0.224 e. The molecule has 0 atom stereocenters. The van der Waals surface area contributed by atoms with Crippen molar-refractivity contribution in [3.8, 4) is 11.5 Å². The zero-order valence-corrected chi connectivity index (χ0v) is 16.0. The average Bonchev–Trinajstić information content (AvgIpc) is 2.62. The van der Waals surface area contributed by atoms with Gasteiger partial charge in [0, 0.05) is 40.0 Å². The molecule has 0 heterocycles. The van der Waals surface area contributed by atoms with E-state index in [-0.39, 0.29) is 11.8 Å². The molecule has 0 fully saturated rings. The Kier molecular flexibility index (Phi) is 8.81. The van der Waals surface area contributed by atoms with Crippen molar-refractivity contribution in [3.05, 3.63) is 23.8 Å². The monoisotopic (exact) mass is 350 g/mol. The Balaban J connectivity index is 2.69. The second-order valence-electron chi connectivity index (χ2n) is 6.05. The van der Waals surface area contributed by atoms with Crippen LogP contribution in [0.15, 0.2) is 18.2 Å². The lowest BCUT2D eigenvalue weighted by atomic mass is 10.1. The third-order valence-corrected chi connectivity index (χ3v) is 4.14.